The molecule has 0 saturated heterocycles. The highest BCUT2D eigenvalue weighted by Gasteiger charge is 2.11. The number of hydrogen-bond acceptors (Lipinski definition) is 3. The van der Waals surface area contributed by atoms with Crippen LogP contribution in [0.15, 0.2) is 12.3 Å². The zero-order valence-electron chi connectivity index (χ0n) is 8.97. The molecule has 0 aliphatic heterocycles. The molecule has 80 valence electrons. The highest BCUT2D eigenvalue weighted by molar-refractivity contribution is 5.02. The van der Waals surface area contributed by atoms with E-state index >= 15 is 0 Å². The van der Waals surface area contributed by atoms with Crippen molar-refractivity contribution < 1.29 is 9.84 Å². The number of methoxy groups -OCH3 is 1. The molecule has 4 heteroatoms. The first kappa shape index (κ1) is 11.2. The summed E-state index contributed by atoms with van der Waals surface area (Å²) in [5.41, 5.74) is 0.732. The standard InChI is InChI=1S/C10H18N2O2/c1-8(14-3)4-5-10(13)9-6-7-12(2)11-9/h6-8,10,13H,4-5H2,1-3H3. The third kappa shape index (κ3) is 3.12. The summed E-state index contributed by atoms with van der Waals surface area (Å²) in [6, 6.07) is 1.84. The van der Waals surface area contributed by atoms with E-state index in [2.05, 4.69) is 5.10 Å². The molecule has 0 aliphatic rings. The maximum absolute atomic E-state index is 9.75. The maximum atomic E-state index is 9.75. The zero-order valence-corrected chi connectivity index (χ0v) is 8.97. The van der Waals surface area contributed by atoms with Gasteiger partial charge in [0.15, 0.2) is 0 Å². The SMILES string of the molecule is COC(C)CCC(O)c1ccn(C)n1. The highest BCUT2D eigenvalue weighted by atomic mass is 16.5. The fourth-order valence-corrected chi connectivity index (χ4v) is 1.27. The van der Waals surface area contributed by atoms with E-state index in [0.29, 0.717) is 6.42 Å². The van der Waals surface area contributed by atoms with E-state index < -0.39 is 6.10 Å². The van der Waals surface area contributed by atoms with Gasteiger partial charge in [0.2, 0.25) is 0 Å². The molecule has 0 spiro atoms. The lowest BCUT2D eigenvalue weighted by molar-refractivity contribution is 0.0838. The van der Waals surface area contributed by atoms with E-state index in [1.807, 2.05) is 26.2 Å². The number of nitrogens with zero attached hydrogens (tertiary/aromatic N) is 2. The summed E-state index contributed by atoms with van der Waals surface area (Å²) in [6.45, 7) is 1.99. The average Bonchev–Trinajstić information content (AvgIpc) is 2.60. The van der Waals surface area contributed by atoms with Crippen LogP contribution in [0, 0.1) is 0 Å². The van der Waals surface area contributed by atoms with Crippen molar-refractivity contribution in [2.24, 2.45) is 7.05 Å². The Morgan fingerprint density at radius 2 is 2.29 bits per heavy atom. The smallest absolute Gasteiger partial charge is 0.0979 e. The third-order valence-corrected chi connectivity index (χ3v) is 2.32. The van der Waals surface area contributed by atoms with Gasteiger partial charge in [0.1, 0.15) is 0 Å². The van der Waals surface area contributed by atoms with Gasteiger partial charge in [-0.15, -0.1) is 0 Å². The molecular formula is C10H18N2O2. The molecule has 1 N–H and O–H groups in total. The summed E-state index contributed by atoms with van der Waals surface area (Å²) in [7, 11) is 3.52. The van der Waals surface area contributed by atoms with Gasteiger partial charge in [-0.2, -0.15) is 5.10 Å². The molecule has 1 aromatic rings. The first-order valence-corrected chi connectivity index (χ1v) is 4.84. The number of ether oxygens (including phenoxy) is 1. The van der Waals surface area contributed by atoms with Gasteiger partial charge in [0.25, 0.3) is 0 Å². The molecular weight excluding hydrogens is 180 g/mol. The van der Waals surface area contributed by atoms with Crippen molar-refractivity contribution in [3.8, 4) is 0 Å². The zero-order chi connectivity index (χ0) is 10.6. The molecule has 2 unspecified atom stereocenters. The maximum Gasteiger partial charge on any atom is 0.0979 e. The van der Waals surface area contributed by atoms with Gasteiger partial charge in [-0.1, -0.05) is 0 Å². The Hall–Kier alpha value is -0.870. The minimum Gasteiger partial charge on any atom is -0.387 e. The summed E-state index contributed by atoms with van der Waals surface area (Å²) in [6.07, 6.45) is 3.07. The molecule has 0 amide bonds. The van der Waals surface area contributed by atoms with Gasteiger partial charge in [0, 0.05) is 20.4 Å². The molecule has 1 aromatic heterocycles. The first-order chi connectivity index (χ1) is 6.63. The lowest BCUT2D eigenvalue weighted by Gasteiger charge is -2.11. The summed E-state index contributed by atoms with van der Waals surface area (Å²) < 4.78 is 6.80. The second-order valence-corrected chi connectivity index (χ2v) is 3.55. The van der Waals surface area contributed by atoms with Crippen molar-refractivity contribution in [2.75, 3.05) is 7.11 Å². The van der Waals surface area contributed by atoms with Crippen molar-refractivity contribution in [1.29, 1.82) is 0 Å². The van der Waals surface area contributed by atoms with Crippen LogP contribution in [0.1, 0.15) is 31.6 Å². The van der Waals surface area contributed by atoms with Crippen LogP contribution in [-0.2, 0) is 11.8 Å². The van der Waals surface area contributed by atoms with Crippen LogP contribution in [0.25, 0.3) is 0 Å². The van der Waals surface area contributed by atoms with Gasteiger partial charge in [-0.25, -0.2) is 0 Å². The van der Waals surface area contributed by atoms with Crippen molar-refractivity contribution in [1.82, 2.24) is 9.78 Å². The average molecular weight is 198 g/mol. The number of aryl methyl sites for hydroxylation is 1. The van der Waals surface area contributed by atoms with Gasteiger partial charge >= 0.3 is 0 Å². The number of aliphatic hydroxyl groups excluding tert-OH is 1. The molecule has 0 aromatic carbocycles. The topological polar surface area (TPSA) is 47.3 Å². The van der Waals surface area contributed by atoms with E-state index in [4.69, 9.17) is 4.74 Å². The van der Waals surface area contributed by atoms with Gasteiger partial charge in [-0.3, -0.25) is 4.68 Å². The highest BCUT2D eigenvalue weighted by Crippen LogP contribution is 2.17. The molecule has 0 aliphatic carbocycles. The van der Waals surface area contributed by atoms with Crippen molar-refractivity contribution in [3.05, 3.63) is 18.0 Å². The molecule has 1 heterocycles. The molecule has 14 heavy (non-hydrogen) atoms. The largest absolute Gasteiger partial charge is 0.387 e. The number of aliphatic hydroxyl groups is 1. The van der Waals surface area contributed by atoms with Crippen LogP contribution in [0.4, 0.5) is 0 Å². The quantitative estimate of drug-likeness (QED) is 0.775. The summed E-state index contributed by atoms with van der Waals surface area (Å²) in [5, 5.41) is 13.9. The summed E-state index contributed by atoms with van der Waals surface area (Å²) in [4.78, 5) is 0. The van der Waals surface area contributed by atoms with Crippen molar-refractivity contribution >= 4 is 0 Å². The van der Waals surface area contributed by atoms with Crippen LogP contribution < -0.4 is 0 Å². The second-order valence-electron chi connectivity index (χ2n) is 3.55. The lowest BCUT2D eigenvalue weighted by Crippen LogP contribution is -2.08. The molecule has 0 bridgehead atoms. The molecule has 1 rings (SSSR count). The van der Waals surface area contributed by atoms with Crippen LogP contribution in [0.5, 0.6) is 0 Å². The van der Waals surface area contributed by atoms with E-state index in [0.717, 1.165) is 12.1 Å². The molecule has 2 atom stereocenters. The Morgan fingerprint density at radius 3 is 2.79 bits per heavy atom. The predicted octanol–water partition coefficient (Wildman–Crippen LogP) is 1.27. The Bertz CT molecular complexity index is 273. The number of aromatic nitrogens is 2. The Morgan fingerprint density at radius 1 is 1.57 bits per heavy atom. The van der Waals surface area contributed by atoms with Crippen molar-refractivity contribution in [2.45, 2.75) is 32.0 Å². The fourth-order valence-electron chi connectivity index (χ4n) is 1.27. The predicted molar refractivity (Wildman–Crippen MR) is 53.9 cm³/mol. The molecule has 0 radical (unpaired) electrons. The van der Waals surface area contributed by atoms with Crippen LogP contribution in [-0.4, -0.2) is 28.1 Å². The van der Waals surface area contributed by atoms with Gasteiger partial charge in [0.05, 0.1) is 17.9 Å². The van der Waals surface area contributed by atoms with E-state index in [-0.39, 0.29) is 6.10 Å². The summed E-state index contributed by atoms with van der Waals surface area (Å²) >= 11 is 0. The first-order valence-electron chi connectivity index (χ1n) is 4.84. The lowest BCUT2D eigenvalue weighted by atomic mass is 10.1. The molecule has 0 fully saturated rings. The Kier molecular flexibility index (Phi) is 4.10. The second kappa shape index (κ2) is 5.12. The van der Waals surface area contributed by atoms with Crippen LogP contribution >= 0.6 is 0 Å². The third-order valence-electron chi connectivity index (χ3n) is 2.32. The monoisotopic (exact) mass is 198 g/mol. The van der Waals surface area contributed by atoms with Gasteiger partial charge < -0.3 is 9.84 Å². The number of rotatable bonds is 5. The number of hydrogen-bond donors (Lipinski definition) is 1. The Labute approximate surface area is 84.5 Å². The van der Waals surface area contributed by atoms with Gasteiger partial charge in [-0.05, 0) is 25.8 Å². The van der Waals surface area contributed by atoms with Crippen LogP contribution in [0.3, 0.4) is 0 Å². The molecule has 0 saturated carbocycles. The van der Waals surface area contributed by atoms with E-state index in [1.54, 1.807) is 11.8 Å². The fraction of sp³-hybridized carbons (Fsp3) is 0.700. The van der Waals surface area contributed by atoms with E-state index in [9.17, 15) is 5.11 Å². The minimum absolute atomic E-state index is 0.188. The summed E-state index contributed by atoms with van der Waals surface area (Å²) in [5.74, 6) is 0. The minimum atomic E-state index is -0.478. The molecule has 4 nitrogen and oxygen atoms in total. The Balaban J connectivity index is 2.39. The van der Waals surface area contributed by atoms with E-state index in [1.165, 1.54) is 0 Å². The van der Waals surface area contributed by atoms with Crippen molar-refractivity contribution in [3.63, 3.8) is 0 Å². The normalized spacial score (nSPS) is 15.4. The van der Waals surface area contributed by atoms with Crippen LogP contribution in [0.2, 0.25) is 0 Å².